The third-order valence-electron chi connectivity index (χ3n) is 1.48. The molecule has 0 fully saturated rings. The van der Waals surface area contributed by atoms with Crippen molar-refractivity contribution in [3.8, 4) is 0 Å². The highest BCUT2D eigenvalue weighted by atomic mass is 35.5. The lowest BCUT2D eigenvalue weighted by atomic mass is 9.92. The van der Waals surface area contributed by atoms with Crippen LogP contribution >= 0.6 is 12.4 Å². The molecule has 0 spiro atoms. The summed E-state index contributed by atoms with van der Waals surface area (Å²) in [7, 11) is 0. The summed E-state index contributed by atoms with van der Waals surface area (Å²) in [5, 5.41) is 3.39. The molecule has 0 aromatic rings. The Morgan fingerprint density at radius 3 is 2.00 bits per heavy atom. The van der Waals surface area contributed by atoms with Gasteiger partial charge < -0.3 is 5.32 Å². The van der Waals surface area contributed by atoms with E-state index >= 15 is 0 Å². The first-order chi connectivity index (χ1) is 4.56. The normalized spacial score (nSPS) is 10.9. The maximum Gasteiger partial charge on any atom is -0.00439 e. The fourth-order valence-electron chi connectivity index (χ4n) is 0.765. The Kier molecular flexibility index (Phi) is 8.70. The smallest absolute Gasteiger partial charge is 0.00439 e. The van der Waals surface area contributed by atoms with Gasteiger partial charge in [-0.1, -0.05) is 27.7 Å². The van der Waals surface area contributed by atoms with Gasteiger partial charge in [-0.05, 0) is 31.3 Å². The lowest BCUT2D eigenvalue weighted by Crippen LogP contribution is -2.20. The molecule has 0 aromatic heterocycles. The summed E-state index contributed by atoms with van der Waals surface area (Å²) in [6, 6.07) is 0. The molecule has 0 rings (SSSR count). The summed E-state index contributed by atoms with van der Waals surface area (Å²) in [4.78, 5) is 0. The quantitative estimate of drug-likeness (QED) is 0.655. The third-order valence-corrected chi connectivity index (χ3v) is 1.48. The van der Waals surface area contributed by atoms with E-state index in [-0.39, 0.29) is 12.4 Å². The van der Waals surface area contributed by atoms with Crippen LogP contribution in [0.1, 0.15) is 40.5 Å². The minimum atomic E-state index is 0. The molecule has 0 bridgehead atoms. The van der Waals surface area contributed by atoms with E-state index in [0.29, 0.717) is 5.41 Å². The van der Waals surface area contributed by atoms with Crippen LogP contribution in [0.2, 0.25) is 0 Å². The predicted molar refractivity (Wildman–Crippen MR) is 54.5 cm³/mol. The molecule has 0 atom stereocenters. The van der Waals surface area contributed by atoms with Gasteiger partial charge in [0.2, 0.25) is 0 Å². The van der Waals surface area contributed by atoms with Crippen molar-refractivity contribution in [3.05, 3.63) is 0 Å². The largest absolute Gasteiger partial charge is 0.317 e. The fourth-order valence-corrected chi connectivity index (χ4v) is 0.765. The first kappa shape index (κ1) is 13.8. The van der Waals surface area contributed by atoms with Crippen LogP contribution in [0.3, 0.4) is 0 Å². The van der Waals surface area contributed by atoms with Crippen LogP contribution < -0.4 is 5.32 Å². The molecule has 2 heteroatoms. The molecule has 0 aliphatic carbocycles. The van der Waals surface area contributed by atoms with E-state index in [1.807, 2.05) is 0 Å². The molecule has 0 radical (unpaired) electrons. The number of nitrogens with one attached hydrogen (secondary N) is 1. The van der Waals surface area contributed by atoms with Gasteiger partial charge >= 0.3 is 0 Å². The van der Waals surface area contributed by atoms with Gasteiger partial charge in [0.15, 0.2) is 0 Å². The maximum atomic E-state index is 3.39. The van der Waals surface area contributed by atoms with Crippen molar-refractivity contribution in [1.29, 1.82) is 0 Å². The molecular formula is C9H22ClN. The Morgan fingerprint density at radius 1 is 1.09 bits per heavy atom. The van der Waals surface area contributed by atoms with Gasteiger partial charge in [-0.15, -0.1) is 12.4 Å². The van der Waals surface area contributed by atoms with E-state index in [0.717, 1.165) is 13.1 Å². The molecule has 0 amide bonds. The van der Waals surface area contributed by atoms with Gasteiger partial charge in [0.25, 0.3) is 0 Å². The van der Waals surface area contributed by atoms with Crippen molar-refractivity contribution < 1.29 is 0 Å². The van der Waals surface area contributed by atoms with Crippen LogP contribution in [0, 0.1) is 5.41 Å². The summed E-state index contributed by atoms with van der Waals surface area (Å²) >= 11 is 0. The fraction of sp³-hybridized carbons (Fsp3) is 1.00. The Labute approximate surface area is 77.4 Å². The first-order valence-electron chi connectivity index (χ1n) is 4.27. The molecule has 0 saturated heterocycles. The summed E-state index contributed by atoms with van der Waals surface area (Å²) in [5.74, 6) is 0. The highest BCUT2D eigenvalue weighted by Crippen LogP contribution is 2.16. The second-order valence-corrected chi connectivity index (χ2v) is 4.06. The van der Waals surface area contributed by atoms with Crippen LogP contribution in [0.15, 0.2) is 0 Å². The van der Waals surface area contributed by atoms with Crippen molar-refractivity contribution in [3.63, 3.8) is 0 Å². The van der Waals surface area contributed by atoms with E-state index in [4.69, 9.17) is 0 Å². The molecular weight excluding hydrogens is 158 g/mol. The molecule has 0 aliphatic rings. The molecule has 11 heavy (non-hydrogen) atoms. The van der Waals surface area contributed by atoms with Crippen molar-refractivity contribution in [1.82, 2.24) is 5.32 Å². The van der Waals surface area contributed by atoms with E-state index in [1.165, 1.54) is 12.8 Å². The second kappa shape index (κ2) is 6.93. The molecule has 0 aromatic carbocycles. The molecule has 70 valence electrons. The van der Waals surface area contributed by atoms with Gasteiger partial charge in [0, 0.05) is 0 Å². The maximum absolute atomic E-state index is 3.39. The molecule has 0 heterocycles. The Balaban J connectivity index is 0. The topological polar surface area (TPSA) is 12.0 Å². The first-order valence-corrected chi connectivity index (χ1v) is 4.27. The summed E-state index contributed by atoms with van der Waals surface area (Å²) in [6.45, 7) is 11.4. The van der Waals surface area contributed by atoms with Gasteiger partial charge in [0.05, 0.1) is 0 Å². The zero-order valence-electron chi connectivity index (χ0n) is 8.24. The van der Waals surface area contributed by atoms with Crippen LogP contribution in [-0.4, -0.2) is 13.1 Å². The monoisotopic (exact) mass is 179 g/mol. The van der Waals surface area contributed by atoms with Gasteiger partial charge in [-0.25, -0.2) is 0 Å². The minimum Gasteiger partial charge on any atom is -0.317 e. The predicted octanol–water partition coefficient (Wildman–Crippen LogP) is 2.84. The average Bonchev–Trinajstić information content (AvgIpc) is 1.78. The van der Waals surface area contributed by atoms with Crippen molar-refractivity contribution in [2.24, 2.45) is 5.41 Å². The van der Waals surface area contributed by atoms with Crippen molar-refractivity contribution >= 4 is 12.4 Å². The Bertz CT molecular complexity index is 76.1. The van der Waals surface area contributed by atoms with Crippen LogP contribution in [0.5, 0.6) is 0 Å². The second-order valence-electron chi connectivity index (χ2n) is 4.06. The Hall–Kier alpha value is 0.250. The van der Waals surface area contributed by atoms with Crippen LogP contribution in [-0.2, 0) is 0 Å². The molecule has 1 N–H and O–H groups in total. The lowest BCUT2D eigenvalue weighted by molar-refractivity contribution is 0.367. The number of halogens is 1. The summed E-state index contributed by atoms with van der Waals surface area (Å²) in [6.07, 6.45) is 2.51. The Morgan fingerprint density at radius 2 is 1.64 bits per heavy atom. The molecule has 1 nitrogen and oxygen atoms in total. The van der Waals surface area contributed by atoms with E-state index in [1.54, 1.807) is 0 Å². The SMILES string of the molecule is CCCNCCC(C)(C)C.Cl. The summed E-state index contributed by atoms with van der Waals surface area (Å²) in [5.41, 5.74) is 0.487. The van der Waals surface area contributed by atoms with Crippen molar-refractivity contribution in [2.45, 2.75) is 40.5 Å². The number of hydrogen-bond acceptors (Lipinski definition) is 1. The van der Waals surface area contributed by atoms with E-state index in [2.05, 4.69) is 33.0 Å². The zero-order chi connectivity index (χ0) is 8.04. The number of rotatable bonds is 4. The van der Waals surface area contributed by atoms with Gasteiger partial charge in [-0.2, -0.15) is 0 Å². The lowest BCUT2D eigenvalue weighted by Gasteiger charge is -2.17. The zero-order valence-corrected chi connectivity index (χ0v) is 9.05. The van der Waals surface area contributed by atoms with Crippen LogP contribution in [0.4, 0.5) is 0 Å². The summed E-state index contributed by atoms with van der Waals surface area (Å²) < 4.78 is 0. The molecule has 0 unspecified atom stereocenters. The third kappa shape index (κ3) is 13.3. The average molecular weight is 180 g/mol. The van der Waals surface area contributed by atoms with E-state index < -0.39 is 0 Å². The van der Waals surface area contributed by atoms with Crippen molar-refractivity contribution in [2.75, 3.05) is 13.1 Å². The molecule has 0 saturated carbocycles. The van der Waals surface area contributed by atoms with Gasteiger partial charge in [-0.3, -0.25) is 0 Å². The highest BCUT2D eigenvalue weighted by molar-refractivity contribution is 5.85. The van der Waals surface area contributed by atoms with E-state index in [9.17, 15) is 0 Å². The molecule has 0 aliphatic heterocycles. The van der Waals surface area contributed by atoms with Gasteiger partial charge in [0.1, 0.15) is 0 Å². The van der Waals surface area contributed by atoms with Crippen LogP contribution in [0.25, 0.3) is 0 Å². The highest BCUT2D eigenvalue weighted by Gasteiger charge is 2.07. The minimum absolute atomic E-state index is 0. The number of hydrogen-bond donors (Lipinski definition) is 1. The standard InChI is InChI=1S/C9H21N.ClH/c1-5-7-10-8-6-9(2,3)4;/h10H,5-8H2,1-4H3;1H.